The minimum absolute atomic E-state index is 0.912. The maximum atomic E-state index is 3.62. The molecule has 1 aliphatic heterocycles. The lowest BCUT2D eigenvalue weighted by molar-refractivity contribution is 0.523. The molecule has 1 aliphatic carbocycles. The third kappa shape index (κ3) is 2.86. The van der Waals surface area contributed by atoms with E-state index in [9.17, 15) is 0 Å². The van der Waals surface area contributed by atoms with Crippen LogP contribution in [0.3, 0.4) is 0 Å². The number of benzene rings is 1. The summed E-state index contributed by atoms with van der Waals surface area (Å²) in [4.78, 5) is 0. The predicted octanol–water partition coefficient (Wildman–Crippen LogP) is 3.02. The highest BCUT2D eigenvalue weighted by molar-refractivity contribution is 7.99. The zero-order chi connectivity index (χ0) is 11.5. The molecule has 1 aromatic rings. The van der Waals surface area contributed by atoms with E-state index in [0.29, 0.717) is 0 Å². The van der Waals surface area contributed by atoms with Crippen molar-refractivity contribution in [3.8, 4) is 0 Å². The molecule has 0 aromatic heterocycles. The molecule has 0 amide bonds. The first-order valence-corrected chi connectivity index (χ1v) is 7.96. The van der Waals surface area contributed by atoms with Crippen LogP contribution in [-0.4, -0.2) is 18.1 Å². The quantitative estimate of drug-likeness (QED) is 0.878. The third-order valence-corrected chi connectivity index (χ3v) is 5.18. The van der Waals surface area contributed by atoms with E-state index in [1.165, 1.54) is 49.3 Å². The Morgan fingerprint density at radius 3 is 3.06 bits per heavy atom. The Labute approximate surface area is 108 Å². The van der Waals surface area contributed by atoms with Gasteiger partial charge in [0.15, 0.2) is 0 Å². The Morgan fingerprint density at radius 2 is 2.18 bits per heavy atom. The fourth-order valence-electron chi connectivity index (χ4n) is 2.90. The Bertz CT molecular complexity index is 383. The summed E-state index contributed by atoms with van der Waals surface area (Å²) in [6, 6.07) is 7.06. The van der Waals surface area contributed by atoms with Gasteiger partial charge in [-0.2, -0.15) is 11.8 Å². The number of rotatable bonds is 4. The van der Waals surface area contributed by atoms with Crippen LogP contribution in [0.25, 0.3) is 0 Å². The number of thioether (sulfide) groups is 1. The van der Waals surface area contributed by atoms with Crippen molar-refractivity contribution in [2.24, 2.45) is 5.92 Å². The SMILES string of the molecule is c1cc2c(cc1CNCC1CCSC1)CCC2. The summed E-state index contributed by atoms with van der Waals surface area (Å²) in [7, 11) is 0. The Kier molecular flexibility index (Phi) is 3.72. The van der Waals surface area contributed by atoms with E-state index >= 15 is 0 Å². The Balaban J connectivity index is 1.51. The highest BCUT2D eigenvalue weighted by Gasteiger charge is 2.15. The van der Waals surface area contributed by atoms with Crippen LogP contribution in [0.4, 0.5) is 0 Å². The predicted molar refractivity (Wildman–Crippen MR) is 75.6 cm³/mol. The molecule has 0 spiro atoms. The molecule has 1 heterocycles. The second-order valence-corrected chi connectivity index (χ2v) is 6.47. The number of nitrogens with one attached hydrogen (secondary N) is 1. The van der Waals surface area contributed by atoms with E-state index < -0.39 is 0 Å². The maximum Gasteiger partial charge on any atom is 0.0205 e. The molecule has 2 aliphatic rings. The topological polar surface area (TPSA) is 12.0 Å². The molecule has 1 fully saturated rings. The number of hydrogen-bond acceptors (Lipinski definition) is 2. The van der Waals surface area contributed by atoms with Gasteiger partial charge >= 0.3 is 0 Å². The van der Waals surface area contributed by atoms with Gasteiger partial charge in [-0.25, -0.2) is 0 Å². The highest BCUT2D eigenvalue weighted by Crippen LogP contribution is 2.24. The van der Waals surface area contributed by atoms with E-state index in [0.717, 1.165) is 12.5 Å². The number of hydrogen-bond donors (Lipinski definition) is 1. The molecule has 0 radical (unpaired) electrons. The van der Waals surface area contributed by atoms with E-state index in [2.05, 4.69) is 35.3 Å². The molecule has 2 heteroatoms. The summed E-state index contributed by atoms with van der Waals surface area (Å²) >= 11 is 2.10. The number of fused-ring (bicyclic) bond motifs is 1. The van der Waals surface area contributed by atoms with Crippen LogP contribution in [0.5, 0.6) is 0 Å². The van der Waals surface area contributed by atoms with Gasteiger partial charge < -0.3 is 5.32 Å². The van der Waals surface area contributed by atoms with Gasteiger partial charge in [0.2, 0.25) is 0 Å². The Morgan fingerprint density at radius 1 is 1.24 bits per heavy atom. The van der Waals surface area contributed by atoms with Crippen LogP contribution in [0.15, 0.2) is 18.2 Å². The molecule has 3 rings (SSSR count). The molecular weight excluding hydrogens is 226 g/mol. The van der Waals surface area contributed by atoms with Gasteiger partial charge in [0, 0.05) is 6.54 Å². The van der Waals surface area contributed by atoms with E-state index in [-0.39, 0.29) is 0 Å². The van der Waals surface area contributed by atoms with Crippen LogP contribution in [0.1, 0.15) is 29.5 Å². The lowest BCUT2D eigenvalue weighted by atomic mass is 10.1. The summed E-state index contributed by atoms with van der Waals surface area (Å²) in [6.07, 6.45) is 5.35. The zero-order valence-corrected chi connectivity index (χ0v) is 11.2. The summed E-state index contributed by atoms with van der Waals surface area (Å²) < 4.78 is 0. The van der Waals surface area contributed by atoms with Gasteiger partial charge in [0.1, 0.15) is 0 Å². The minimum Gasteiger partial charge on any atom is -0.312 e. The van der Waals surface area contributed by atoms with Crippen LogP contribution >= 0.6 is 11.8 Å². The molecule has 17 heavy (non-hydrogen) atoms. The van der Waals surface area contributed by atoms with Gasteiger partial charge in [0.25, 0.3) is 0 Å². The Hall–Kier alpha value is -0.470. The van der Waals surface area contributed by atoms with Crippen LogP contribution in [0.2, 0.25) is 0 Å². The molecule has 1 N–H and O–H groups in total. The minimum atomic E-state index is 0.912. The first kappa shape index (κ1) is 11.6. The lowest BCUT2D eigenvalue weighted by Gasteiger charge is -2.10. The number of aryl methyl sites for hydroxylation is 2. The average molecular weight is 247 g/mol. The van der Waals surface area contributed by atoms with Crippen molar-refractivity contribution < 1.29 is 0 Å². The van der Waals surface area contributed by atoms with Crippen LogP contribution in [-0.2, 0) is 19.4 Å². The second kappa shape index (κ2) is 5.45. The highest BCUT2D eigenvalue weighted by atomic mass is 32.2. The largest absolute Gasteiger partial charge is 0.312 e. The van der Waals surface area contributed by atoms with Gasteiger partial charge in [-0.3, -0.25) is 0 Å². The van der Waals surface area contributed by atoms with Crippen molar-refractivity contribution >= 4 is 11.8 Å². The molecule has 92 valence electrons. The first-order chi connectivity index (χ1) is 8.42. The normalized spacial score (nSPS) is 22.9. The molecule has 1 atom stereocenters. The van der Waals surface area contributed by atoms with Crippen molar-refractivity contribution in [1.82, 2.24) is 5.32 Å². The first-order valence-electron chi connectivity index (χ1n) is 6.81. The monoisotopic (exact) mass is 247 g/mol. The van der Waals surface area contributed by atoms with E-state index in [1.807, 2.05) is 0 Å². The summed E-state index contributed by atoms with van der Waals surface area (Å²) in [6.45, 7) is 2.25. The molecular formula is C15H21NS. The average Bonchev–Trinajstić information content (AvgIpc) is 2.98. The van der Waals surface area contributed by atoms with Crippen LogP contribution in [0, 0.1) is 5.92 Å². The molecule has 1 aromatic carbocycles. The van der Waals surface area contributed by atoms with Gasteiger partial charge in [-0.1, -0.05) is 18.2 Å². The third-order valence-electron chi connectivity index (χ3n) is 3.95. The zero-order valence-electron chi connectivity index (χ0n) is 10.4. The van der Waals surface area contributed by atoms with E-state index in [1.54, 1.807) is 11.1 Å². The molecule has 0 bridgehead atoms. The van der Waals surface area contributed by atoms with Crippen molar-refractivity contribution in [1.29, 1.82) is 0 Å². The fourth-order valence-corrected chi connectivity index (χ4v) is 4.18. The van der Waals surface area contributed by atoms with Crippen molar-refractivity contribution in [3.05, 3.63) is 34.9 Å². The maximum absolute atomic E-state index is 3.62. The fraction of sp³-hybridized carbons (Fsp3) is 0.600. The van der Waals surface area contributed by atoms with E-state index in [4.69, 9.17) is 0 Å². The molecule has 1 unspecified atom stereocenters. The lowest BCUT2D eigenvalue weighted by Crippen LogP contribution is -2.22. The van der Waals surface area contributed by atoms with Crippen LogP contribution < -0.4 is 5.32 Å². The van der Waals surface area contributed by atoms with Gasteiger partial charge in [-0.05, 0) is 66.3 Å². The summed E-state index contributed by atoms with van der Waals surface area (Å²) in [5, 5.41) is 3.62. The molecule has 1 nitrogen and oxygen atoms in total. The molecule has 0 saturated carbocycles. The standard InChI is InChI=1S/C15H21NS/c1-2-14-5-4-12(8-15(14)3-1)9-16-10-13-6-7-17-11-13/h4-5,8,13,16H,1-3,6-7,9-11H2. The smallest absolute Gasteiger partial charge is 0.0205 e. The van der Waals surface area contributed by atoms with Crippen molar-refractivity contribution in [2.45, 2.75) is 32.2 Å². The van der Waals surface area contributed by atoms with Gasteiger partial charge in [0.05, 0.1) is 0 Å². The van der Waals surface area contributed by atoms with Gasteiger partial charge in [-0.15, -0.1) is 0 Å². The second-order valence-electron chi connectivity index (χ2n) is 5.32. The molecule has 1 saturated heterocycles. The van der Waals surface area contributed by atoms with Crippen molar-refractivity contribution in [2.75, 3.05) is 18.1 Å². The van der Waals surface area contributed by atoms with Crippen molar-refractivity contribution in [3.63, 3.8) is 0 Å². The summed E-state index contributed by atoms with van der Waals surface area (Å²) in [5.41, 5.74) is 4.65. The summed E-state index contributed by atoms with van der Waals surface area (Å²) in [5.74, 6) is 3.64.